The molecule has 2 aromatic carbocycles. The van der Waals surface area contributed by atoms with E-state index in [2.05, 4.69) is 15.4 Å². The molecule has 4 aromatic rings. The highest BCUT2D eigenvalue weighted by molar-refractivity contribution is 6.31. The molecule has 0 aliphatic heterocycles. The van der Waals surface area contributed by atoms with E-state index in [9.17, 15) is 9.59 Å². The molecule has 4 rings (SSSR count). The summed E-state index contributed by atoms with van der Waals surface area (Å²) in [5.74, 6) is -1.13. The fourth-order valence-corrected chi connectivity index (χ4v) is 3.37. The molecule has 8 heteroatoms. The van der Waals surface area contributed by atoms with Crippen LogP contribution < -0.4 is 5.32 Å². The van der Waals surface area contributed by atoms with Crippen molar-refractivity contribution < 1.29 is 14.3 Å². The molecule has 1 N–H and O–H groups in total. The summed E-state index contributed by atoms with van der Waals surface area (Å²) in [7, 11) is 0. The van der Waals surface area contributed by atoms with Gasteiger partial charge in [0.05, 0.1) is 5.69 Å². The van der Waals surface area contributed by atoms with Gasteiger partial charge in [0.25, 0.3) is 5.91 Å². The van der Waals surface area contributed by atoms with Crippen LogP contribution in [0.1, 0.15) is 22.8 Å². The number of esters is 1. The number of nitrogens with one attached hydrogen (secondary N) is 1. The second-order valence-corrected chi connectivity index (χ2v) is 7.85. The Balaban J connectivity index is 1.58. The number of ether oxygens (including phenoxy) is 1. The molecule has 0 aliphatic carbocycles. The maximum atomic E-state index is 13.1. The average Bonchev–Trinajstić information content (AvgIpc) is 3.28. The van der Waals surface area contributed by atoms with Crippen molar-refractivity contribution in [2.45, 2.75) is 20.0 Å². The van der Waals surface area contributed by atoms with Gasteiger partial charge in [-0.3, -0.25) is 9.78 Å². The number of aryl methyl sites for hydroxylation is 1. The zero-order valence-corrected chi connectivity index (χ0v) is 18.8. The van der Waals surface area contributed by atoms with Crippen molar-refractivity contribution in [2.24, 2.45) is 0 Å². The Morgan fingerprint density at radius 3 is 2.61 bits per heavy atom. The molecular formula is C25H21ClN4O3. The standard InChI is InChI=1S/C25H21ClN4O3/c1-16-10-11-19(26)13-22(16)28-24(31)17(2)33-25(32)21-15-30(20-8-4-3-5-9-20)29-23(21)18-7-6-12-27-14-18/h3-15,17H,1-2H3,(H,28,31). The van der Waals surface area contributed by atoms with E-state index in [4.69, 9.17) is 16.3 Å². The topological polar surface area (TPSA) is 86.1 Å². The lowest BCUT2D eigenvalue weighted by atomic mass is 10.1. The molecule has 0 fully saturated rings. The zero-order chi connectivity index (χ0) is 23.4. The minimum absolute atomic E-state index is 0.227. The van der Waals surface area contributed by atoms with Crippen LogP contribution in [-0.2, 0) is 9.53 Å². The normalized spacial score (nSPS) is 11.6. The maximum absolute atomic E-state index is 13.1. The number of rotatable bonds is 6. The van der Waals surface area contributed by atoms with Gasteiger partial charge in [-0.05, 0) is 55.8 Å². The molecule has 0 radical (unpaired) electrons. The Hall–Kier alpha value is -3.97. The smallest absolute Gasteiger partial charge is 0.342 e. The van der Waals surface area contributed by atoms with Gasteiger partial charge in [-0.1, -0.05) is 35.9 Å². The van der Waals surface area contributed by atoms with Gasteiger partial charge in [-0.2, -0.15) is 5.10 Å². The third-order valence-corrected chi connectivity index (χ3v) is 5.24. The zero-order valence-electron chi connectivity index (χ0n) is 18.0. The molecule has 1 unspecified atom stereocenters. The lowest BCUT2D eigenvalue weighted by Crippen LogP contribution is -2.30. The van der Waals surface area contributed by atoms with E-state index in [0.717, 1.165) is 11.3 Å². The van der Waals surface area contributed by atoms with Crippen LogP contribution in [-0.4, -0.2) is 32.7 Å². The van der Waals surface area contributed by atoms with Crippen LogP contribution in [0.5, 0.6) is 0 Å². The third-order valence-electron chi connectivity index (χ3n) is 5.00. The molecule has 0 spiro atoms. The lowest BCUT2D eigenvalue weighted by Gasteiger charge is -2.15. The Bertz CT molecular complexity index is 1290. The monoisotopic (exact) mass is 460 g/mol. The first-order chi connectivity index (χ1) is 15.9. The predicted molar refractivity (Wildman–Crippen MR) is 126 cm³/mol. The van der Waals surface area contributed by atoms with Gasteiger partial charge >= 0.3 is 5.97 Å². The number of amides is 1. The Morgan fingerprint density at radius 1 is 1.09 bits per heavy atom. The number of nitrogens with zero attached hydrogens (tertiary/aromatic N) is 3. The van der Waals surface area contributed by atoms with E-state index in [1.807, 2.05) is 37.3 Å². The highest BCUT2D eigenvalue weighted by Gasteiger charge is 2.25. The van der Waals surface area contributed by atoms with Crippen molar-refractivity contribution in [3.05, 3.63) is 95.4 Å². The average molecular weight is 461 g/mol. The summed E-state index contributed by atoms with van der Waals surface area (Å²) in [4.78, 5) is 29.9. The van der Waals surface area contributed by atoms with Crippen molar-refractivity contribution in [1.29, 1.82) is 0 Å². The van der Waals surface area contributed by atoms with Crippen LogP contribution in [0.2, 0.25) is 5.02 Å². The van der Waals surface area contributed by atoms with E-state index < -0.39 is 18.0 Å². The predicted octanol–water partition coefficient (Wildman–Crippen LogP) is 5.08. The number of anilines is 1. The van der Waals surface area contributed by atoms with Crippen LogP contribution in [0.4, 0.5) is 5.69 Å². The molecule has 0 saturated carbocycles. The van der Waals surface area contributed by atoms with Gasteiger partial charge in [0.15, 0.2) is 6.10 Å². The quantitative estimate of drug-likeness (QED) is 0.405. The number of benzene rings is 2. The van der Waals surface area contributed by atoms with Gasteiger partial charge in [-0.15, -0.1) is 0 Å². The van der Waals surface area contributed by atoms with E-state index in [0.29, 0.717) is 22.0 Å². The Labute approximate surface area is 196 Å². The highest BCUT2D eigenvalue weighted by atomic mass is 35.5. The van der Waals surface area contributed by atoms with Crippen LogP contribution in [0.3, 0.4) is 0 Å². The summed E-state index contributed by atoms with van der Waals surface area (Å²) in [6.07, 6.45) is 3.80. The fraction of sp³-hybridized carbons (Fsp3) is 0.120. The molecule has 7 nitrogen and oxygen atoms in total. The van der Waals surface area contributed by atoms with E-state index >= 15 is 0 Å². The Morgan fingerprint density at radius 2 is 1.88 bits per heavy atom. The molecule has 166 valence electrons. The first-order valence-electron chi connectivity index (χ1n) is 10.3. The van der Waals surface area contributed by atoms with Crippen molar-refractivity contribution in [2.75, 3.05) is 5.32 Å². The minimum Gasteiger partial charge on any atom is -0.449 e. The van der Waals surface area contributed by atoms with E-state index in [-0.39, 0.29) is 5.56 Å². The van der Waals surface area contributed by atoms with Gasteiger partial charge in [0.1, 0.15) is 11.3 Å². The Kier molecular flexibility index (Phi) is 6.51. The number of para-hydroxylation sites is 1. The third kappa shape index (κ3) is 5.10. The van der Waals surface area contributed by atoms with E-state index in [1.165, 1.54) is 6.92 Å². The van der Waals surface area contributed by atoms with Crippen molar-refractivity contribution in [3.63, 3.8) is 0 Å². The van der Waals surface area contributed by atoms with Gasteiger partial charge in [0.2, 0.25) is 0 Å². The fourth-order valence-electron chi connectivity index (χ4n) is 3.19. The number of aromatic nitrogens is 3. The SMILES string of the molecule is Cc1ccc(Cl)cc1NC(=O)C(C)OC(=O)c1cn(-c2ccccc2)nc1-c1cccnc1. The summed E-state index contributed by atoms with van der Waals surface area (Å²) in [6, 6.07) is 18.1. The molecule has 0 aliphatic rings. The van der Waals surface area contributed by atoms with Gasteiger partial charge in [0, 0.05) is 34.9 Å². The maximum Gasteiger partial charge on any atom is 0.342 e. The summed E-state index contributed by atoms with van der Waals surface area (Å²) >= 11 is 6.02. The first-order valence-corrected chi connectivity index (χ1v) is 10.6. The largest absolute Gasteiger partial charge is 0.449 e. The summed E-state index contributed by atoms with van der Waals surface area (Å²) < 4.78 is 7.09. The van der Waals surface area contributed by atoms with Crippen LogP contribution in [0, 0.1) is 6.92 Å². The summed E-state index contributed by atoms with van der Waals surface area (Å²) in [6.45, 7) is 3.36. The number of pyridine rings is 1. The number of carbonyl (C=O) groups is 2. The molecular weight excluding hydrogens is 440 g/mol. The second-order valence-electron chi connectivity index (χ2n) is 7.41. The number of hydrogen-bond acceptors (Lipinski definition) is 5. The van der Waals surface area contributed by atoms with Gasteiger partial charge in [-0.25, -0.2) is 9.48 Å². The van der Waals surface area contributed by atoms with Crippen molar-refractivity contribution in [3.8, 4) is 16.9 Å². The summed E-state index contributed by atoms with van der Waals surface area (Å²) in [5.41, 5.74) is 3.48. The second kappa shape index (κ2) is 9.67. The van der Waals surface area contributed by atoms with Crippen molar-refractivity contribution >= 4 is 29.2 Å². The van der Waals surface area contributed by atoms with Crippen LogP contribution in [0.15, 0.2) is 79.3 Å². The van der Waals surface area contributed by atoms with Crippen LogP contribution in [0.25, 0.3) is 16.9 Å². The lowest BCUT2D eigenvalue weighted by molar-refractivity contribution is -0.123. The molecule has 0 saturated heterocycles. The molecule has 2 heterocycles. The van der Waals surface area contributed by atoms with Crippen molar-refractivity contribution in [1.82, 2.24) is 14.8 Å². The molecule has 33 heavy (non-hydrogen) atoms. The number of halogens is 1. The molecule has 0 bridgehead atoms. The molecule has 2 aromatic heterocycles. The number of carbonyl (C=O) groups excluding carboxylic acids is 2. The minimum atomic E-state index is -1.04. The summed E-state index contributed by atoms with van der Waals surface area (Å²) in [5, 5.41) is 7.82. The first kappa shape index (κ1) is 22.2. The van der Waals surface area contributed by atoms with E-state index in [1.54, 1.807) is 53.6 Å². The molecule has 1 amide bonds. The highest BCUT2D eigenvalue weighted by Crippen LogP contribution is 2.25. The molecule has 1 atom stereocenters. The van der Waals surface area contributed by atoms with Gasteiger partial charge < -0.3 is 10.1 Å². The number of hydrogen-bond donors (Lipinski definition) is 1. The van der Waals surface area contributed by atoms with Crippen LogP contribution >= 0.6 is 11.6 Å².